The molecule has 0 atom stereocenters. The van der Waals surface area contributed by atoms with Gasteiger partial charge in [-0.15, -0.1) is 24.0 Å². The number of hydrogen-bond acceptors (Lipinski definition) is 2. The Morgan fingerprint density at radius 2 is 1.71 bits per heavy atom. The van der Waals surface area contributed by atoms with Crippen LogP contribution in [0, 0.1) is 0 Å². The highest BCUT2D eigenvalue weighted by atomic mass is 127. The van der Waals surface area contributed by atoms with E-state index in [9.17, 15) is 0 Å². The summed E-state index contributed by atoms with van der Waals surface area (Å²) in [6.07, 6.45) is 1.80. The zero-order valence-electron chi connectivity index (χ0n) is 15.1. The zero-order chi connectivity index (χ0) is 16.9. The number of nitrogens with one attached hydrogen (secondary N) is 2. The second-order valence-electron chi connectivity index (χ2n) is 6.67. The summed E-state index contributed by atoms with van der Waals surface area (Å²) in [6.45, 7) is 8.12. The minimum absolute atomic E-state index is 0. The van der Waals surface area contributed by atoms with Crippen molar-refractivity contribution >= 4 is 29.9 Å². The first kappa shape index (κ1) is 20.5. The van der Waals surface area contributed by atoms with E-state index in [0.717, 1.165) is 18.2 Å². The van der Waals surface area contributed by atoms with Crippen LogP contribution >= 0.6 is 24.0 Å². The minimum Gasteiger partial charge on any atom is -0.352 e. The molecule has 2 aromatic rings. The van der Waals surface area contributed by atoms with Crippen LogP contribution in [0.1, 0.15) is 37.6 Å². The molecule has 0 saturated heterocycles. The SMILES string of the molecule is CN=C(NCc1ccc(C(C)(C)C)cc1)NCc1ccnn1C.I. The van der Waals surface area contributed by atoms with E-state index in [4.69, 9.17) is 0 Å². The van der Waals surface area contributed by atoms with Gasteiger partial charge in [0.15, 0.2) is 5.96 Å². The lowest BCUT2D eigenvalue weighted by Gasteiger charge is -2.19. The molecule has 0 aliphatic carbocycles. The quantitative estimate of drug-likeness (QED) is 0.436. The molecule has 1 heterocycles. The molecule has 2 N–H and O–H groups in total. The van der Waals surface area contributed by atoms with Crippen molar-refractivity contribution < 1.29 is 0 Å². The van der Waals surface area contributed by atoms with Gasteiger partial charge < -0.3 is 10.6 Å². The second-order valence-corrected chi connectivity index (χ2v) is 6.67. The number of benzene rings is 1. The zero-order valence-corrected chi connectivity index (χ0v) is 17.5. The second kappa shape index (κ2) is 9.05. The van der Waals surface area contributed by atoms with Gasteiger partial charge in [-0.25, -0.2) is 0 Å². The summed E-state index contributed by atoms with van der Waals surface area (Å²) in [5.41, 5.74) is 3.89. The number of aryl methyl sites for hydroxylation is 1. The van der Waals surface area contributed by atoms with E-state index in [1.165, 1.54) is 11.1 Å². The van der Waals surface area contributed by atoms with Crippen molar-refractivity contribution in [2.75, 3.05) is 7.05 Å². The monoisotopic (exact) mass is 441 g/mol. The lowest BCUT2D eigenvalue weighted by molar-refractivity contribution is 0.590. The van der Waals surface area contributed by atoms with Gasteiger partial charge in [-0.3, -0.25) is 9.67 Å². The van der Waals surface area contributed by atoms with Gasteiger partial charge in [0.2, 0.25) is 0 Å². The van der Waals surface area contributed by atoms with Gasteiger partial charge in [0.25, 0.3) is 0 Å². The third kappa shape index (κ3) is 5.81. The van der Waals surface area contributed by atoms with Crippen LogP contribution in [0.4, 0.5) is 0 Å². The third-order valence-corrected chi connectivity index (χ3v) is 3.86. The maximum atomic E-state index is 4.25. The van der Waals surface area contributed by atoms with E-state index >= 15 is 0 Å². The molecule has 0 aliphatic rings. The Labute approximate surface area is 162 Å². The summed E-state index contributed by atoms with van der Waals surface area (Å²) in [5.74, 6) is 0.783. The van der Waals surface area contributed by atoms with Crippen LogP contribution in [-0.2, 0) is 25.6 Å². The van der Waals surface area contributed by atoms with Crippen molar-refractivity contribution in [1.82, 2.24) is 20.4 Å². The maximum Gasteiger partial charge on any atom is 0.191 e. The Kier molecular flexibility index (Phi) is 7.72. The van der Waals surface area contributed by atoms with Gasteiger partial charge in [-0.05, 0) is 22.6 Å². The molecule has 0 saturated carbocycles. The molecular formula is C18H28IN5. The molecule has 6 heteroatoms. The van der Waals surface area contributed by atoms with Crippen molar-refractivity contribution in [2.24, 2.45) is 12.0 Å². The number of aliphatic imine (C=N–C) groups is 1. The molecule has 0 fully saturated rings. The van der Waals surface area contributed by atoms with Crippen LogP contribution in [0.15, 0.2) is 41.5 Å². The Hall–Kier alpha value is -1.57. The van der Waals surface area contributed by atoms with Gasteiger partial charge in [0, 0.05) is 26.8 Å². The number of hydrogen-bond donors (Lipinski definition) is 2. The number of rotatable bonds is 4. The van der Waals surface area contributed by atoms with Crippen molar-refractivity contribution in [1.29, 1.82) is 0 Å². The highest BCUT2D eigenvalue weighted by Crippen LogP contribution is 2.22. The molecule has 1 aromatic carbocycles. The highest BCUT2D eigenvalue weighted by molar-refractivity contribution is 14.0. The van der Waals surface area contributed by atoms with Crippen LogP contribution < -0.4 is 10.6 Å². The van der Waals surface area contributed by atoms with Gasteiger partial charge >= 0.3 is 0 Å². The predicted molar refractivity (Wildman–Crippen MR) is 111 cm³/mol. The fourth-order valence-electron chi connectivity index (χ4n) is 2.28. The van der Waals surface area contributed by atoms with Crippen LogP contribution in [0.5, 0.6) is 0 Å². The molecule has 132 valence electrons. The summed E-state index contributed by atoms with van der Waals surface area (Å²) in [7, 11) is 3.71. The van der Waals surface area contributed by atoms with Gasteiger partial charge in [-0.2, -0.15) is 5.10 Å². The fourth-order valence-corrected chi connectivity index (χ4v) is 2.28. The first-order chi connectivity index (χ1) is 10.9. The lowest BCUT2D eigenvalue weighted by Crippen LogP contribution is -2.36. The van der Waals surface area contributed by atoms with Crippen LogP contribution in [0.2, 0.25) is 0 Å². The molecule has 0 spiro atoms. The molecule has 1 aromatic heterocycles. The van der Waals surface area contributed by atoms with Crippen molar-refractivity contribution in [3.05, 3.63) is 53.3 Å². The topological polar surface area (TPSA) is 54.2 Å². The highest BCUT2D eigenvalue weighted by Gasteiger charge is 2.12. The van der Waals surface area contributed by atoms with Gasteiger partial charge in [0.05, 0.1) is 12.2 Å². The Morgan fingerprint density at radius 3 is 2.21 bits per heavy atom. The average Bonchev–Trinajstić information content (AvgIpc) is 2.92. The van der Waals surface area contributed by atoms with Crippen molar-refractivity contribution in [2.45, 2.75) is 39.3 Å². The van der Waals surface area contributed by atoms with Gasteiger partial charge in [-0.1, -0.05) is 45.0 Å². The Balaban J connectivity index is 0.00000288. The van der Waals surface area contributed by atoms with E-state index in [2.05, 4.69) is 65.8 Å². The maximum absolute atomic E-state index is 4.25. The number of guanidine groups is 1. The Morgan fingerprint density at radius 1 is 1.08 bits per heavy atom. The lowest BCUT2D eigenvalue weighted by atomic mass is 9.87. The normalized spacial score (nSPS) is 11.8. The standard InChI is InChI=1S/C18H27N5.HI/c1-18(2,3)15-8-6-14(7-9-15)12-20-17(19-4)21-13-16-10-11-22-23(16)5;/h6-11H,12-13H2,1-5H3,(H2,19,20,21);1H. The first-order valence-electron chi connectivity index (χ1n) is 7.91. The van der Waals surface area contributed by atoms with E-state index in [-0.39, 0.29) is 29.4 Å². The van der Waals surface area contributed by atoms with E-state index in [1.54, 1.807) is 13.2 Å². The number of halogens is 1. The number of nitrogens with zero attached hydrogens (tertiary/aromatic N) is 3. The van der Waals surface area contributed by atoms with Crippen LogP contribution in [0.3, 0.4) is 0 Å². The van der Waals surface area contributed by atoms with Crippen LogP contribution in [-0.4, -0.2) is 22.8 Å². The van der Waals surface area contributed by atoms with Crippen LogP contribution in [0.25, 0.3) is 0 Å². The van der Waals surface area contributed by atoms with Gasteiger partial charge in [0.1, 0.15) is 0 Å². The molecule has 0 bridgehead atoms. The predicted octanol–water partition coefficient (Wildman–Crippen LogP) is 3.20. The molecular weight excluding hydrogens is 413 g/mol. The molecule has 0 amide bonds. The molecule has 0 radical (unpaired) electrons. The third-order valence-electron chi connectivity index (χ3n) is 3.86. The smallest absolute Gasteiger partial charge is 0.191 e. The molecule has 0 aliphatic heterocycles. The Bertz CT molecular complexity index is 653. The first-order valence-corrected chi connectivity index (χ1v) is 7.91. The van der Waals surface area contributed by atoms with E-state index < -0.39 is 0 Å². The summed E-state index contributed by atoms with van der Waals surface area (Å²) in [4.78, 5) is 4.25. The summed E-state index contributed by atoms with van der Waals surface area (Å²) in [6, 6.07) is 10.7. The van der Waals surface area contributed by atoms with Crippen molar-refractivity contribution in [3.63, 3.8) is 0 Å². The molecule has 2 rings (SSSR count). The molecule has 5 nitrogen and oxygen atoms in total. The number of aromatic nitrogens is 2. The van der Waals surface area contributed by atoms with E-state index in [0.29, 0.717) is 6.54 Å². The van der Waals surface area contributed by atoms with Crippen molar-refractivity contribution in [3.8, 4) is 0 Å². The average molecular weight is 441 g/mol. The summed E-state index contributed by atoms with van der Waals surface area (Å²) in [5, 5.41) is 10.8. The largest absolute Gasteiger partial charge is 0.352 e. The molecule has 24 heavy (non-hydrogen) atoms. The molecule has 0 unspecified atom stereocenters. The minimum atomic E-state index is 0. The summed E-state index contributed by atoms with van der Waals surface area (Å²) < 4.78 is 1.85. The summed E-state index contributed by atoms with van der Waals surface area (Å²) >= 11 is 0. The van der Waals surface area contributed by atoms with E-state index in [1.807, 2.05) is 17.8 Å². The fraction of sp³-hybridized carbons (Fsp3) is 0.444.